The van der Waals surface area contributed by atoms with Gasteiger partial charge in [-0.15, -0.1) is 0 Å². The number of nitrogens with zero attached hydrogens (tertiary/aromatic N) is 3. The molecule has 196 valence electrons. The fraction of sp³-hybridized carbons (Fsp3) is 0.241. The highest BCUT2D eigenvalue weighted by molar-refractivity contribution is 9.10. The van der Waals surface area contributed by atoms with Gasteiger partial charge in [-0.05, 0) is 55.3 Å². The summed E-state index contributed by atoms with van der Waals surface area (Å²) < 4.78 is 13.5. The molecule has 0 saturated heterocycles. The normalized spacial score (nSPS) is 11.2. The average molecular weight is 577 g/mol. The molecule has 4 rings (SSSR count). The molecule has 3 aromatic carbocycles. The van der Waals surface area contributed by atoms with Gasteiger partial charge in [0.25, 0.3) is 11.5 Å². The number of carbonyl (C=O) groups is 1. The first-order chi connectivity index (χ1) is 18.4. The van der Waals surface area contributed by atoms with Crippen LogP contribution in [0, 0.1) is 6.92 Å². The van der Waals surface area contributed by atoms with E-state index in [0.717, 1.165) is 28.6 Å². The molecule has 0 unspecified atom stereocenters. The summed E-state index contributed by atoms with van der Waals surface area (Å²) in [7, 11) is 1.52. The van der Waals surface area contributed by atoms with E-state index < -0.39 is 0 Å². The molecule has 4 aromatic rings. The van der Waals surface area contributed by atoms with E-state index in [9.17, 15) is 9.59 Å². The molecule has 0 fully saturated rings. The van der Waals surface area contributed by atoms with E-state index >= 15 is 0 Å². The topological polar surface area (TPSA) is 94.8 Å². The van der Waals surface area contributed by atoms with Crippen molar-refractivity contribution >= 4 is 44.6 Å². The van der Waals surface area contributed by atoms with Gasteiger partial charge < -0.3 is 14.8 Å². The number of ether oxygens (including phenoxy) is 2. The van der Waals surface area contributed by atoms with Crippen molar-refractivity contribution in [1.29, 1.82) is 0 Å². The molecule has 0 aliphatic rings. The number of hydrogen-bond donors (Lipinski definition) is 1. The summed E-state index contributed by atoms with van der Waals surface area (Å²) in [6, 6.07) is 18.2. The zero-order chi connectivity index (χ0) is 27.1. The number of carbonyl (C=O) groups excluding carboxylic acids is 1. The van der Waals surface area contributed by atoms with Crippen LogP contribution in [0.2, 0.25) is 0 Å². The second-order valence-electron chi connectivity index (χ2n) is 8.68. The second kappa shape index (κ2) is 12.5. The number of amides is 1. The Hall–Kier alpha value is -3.98. The maximum absolute atomic E-state index is 13.4. The molecule has 1 heterocycles. The van der Waals surface area contributed by atoms with Gasteiger partial charge >= 0.3 is 0 Å². The van der Waals surface area contributed by atoms with E-state index in [0.29, 0.717) is 40.2 Å². The Morgan fingerprint density at radius 3 is 2.74 bits per heavy atom. The van der Waals surface area contributed by atoms with Gasteiger partial charge in [0, 0.05) is 22.1 Å². The van der Waals surface area contributed by atoms with Gasteiger partial charge in [-0.2, -0.15) is 9.78 Å². The molecule has 1 amide bonds. The van der Waals surface area contributed by atoms with Crippen LogP contribution in [0.15, 0.2) is 75.0 Å². The van der Waals surface area contributed by atoms with E-state index in [1.165, 1.54) is 18.0 Å². The summed E-state index contributed by atoms with van der Waals surface area (Å²) in [5.74, 6) is 1.05. The number of para-hydroxylation sites is 2. The predicted octanol–water partition coefficient (Wildman–Crippen LogP) is 5.72. The summed E-state index contributed by atoms with van der Waals surface area (Å²) in [5, 5.41) is 7.84. The maximum Gasteiger partial charge on any atom is 0.282 e. The monoisotopic (exact) mass is 576 g/mol. The zero-order valence-electron chi connectivity index (χ0n) is 21.5. The minimum atomic E-state index is -0.310. The fourth-order valence-electron chi connectivity index (χ4n) is 3.92. The van der Waals surface area contributed by atoms with Crippen LogP contribution in [0.3, 0.4) is 0 Å². The van der Waals surface area contributed by atoms with Gasteiger partial charge in [0.05, 0.1) is 24.2 Å². The highest BCUT2D eigenvalue weighted by Gasteiger charge is 2.14. The lowest BCUT2D eigenvalue weighted by Crippen LogP contribution is -2.23. The van der Waals surface area contributed by atoms with E-state index in [-0.39, 0.29) is 18.1 Å². The van der Waals surface area contributed by atoms with Gasteiger partial charge in [0.15, 0.2) is 18.1 Å². The minimum Gasteiger partial charge on any atom is -0.493 e. The highest BCUT2D eigenvalue weighted by Crippen LogP contribution is 2.30. The van der Waals surface area contributed by atoms with Crippen LogP contribution < -0.4 is 20.3 Å². The minimum absolute atomic E-state index is 0.233. The third-order valence-corrected chi connectivity index (χ3v) is 6.43. The van der Waals surface area contributed by atoms with Crippen molar-refractivity contribution in [2.24, 2.45) is 5.10 Å². The summed E-state index contributed by atoms with van der Waals surface area (Å²) in [5.41, 5.74) is 2.59. The third-order valence-electron chi connectivity index (χ3n) is 5.94. The summed E-state index contributed by atoms with van der Waals surface area (Å²) in [4.78, 5) is 30.7. The van der Waals surface area contributed by atoms with Crippen molar-refractivity contribution in [2.75, 3.05) is 19.0 Å². The molecule has 0 aliphatic heterocycles. The number of hydrogen-bond acceptors (Lipinski definition) is 6. The van der Waals surface area contributed by atoms with Gasteiger partial charge in [0.2, 0.25) is 0 Å². The summed E-state index contributed by atoms with van der Waals surface area (Å²) >= 11 is 3.43. The smallest absolute Gasteiger partial charge is 0.282 e. The molecule has 1 N–H and O–H groups in total. The molecule has 0 spiro atoms. The first kappa shape index (κ1) is 27.1. The van der Waals surface area contributed by atoms with E-state index in [1.807, 2.05) is 43.3 Å². The molecule has 8 nitrogen and oxygen atoms in total. The van der Waals surface area contributed by atoms with Crippen LogP contribution in [0.5, 0.6) is 11.5 Å². The van der Waals surface area contributed by atoms with Gasteiger partial charge in [-0.25, -0.2) is 4.98 Å². The molecule has 0 saturated carbocycles. The molecule has 0 bridgehead atoms. The lowest BCUT2D eigenvalue weighted by Gasteiger charge is -2.14. The molecule has 9 heteroatoms. The summed E-state index contributed by atoms with van der Waals surface area (Å²) in [6.45, 7) is 3.77. The lowest BCUT2D eigenvalue weighted by atomic mass is 10.2. The Bertz CT molecular complexity index is 1550. The van der Waals surface area contributed by atoms with Crippen molar-refractivity contribution in [2.45, 2.75) is 33.1 Å². The number of aromatic nitrogens is 2. The number of fused-ring (bicyclic) bond motifs is 1. The number of aryl methyl sites for hydroxylation is 2. The fourth-order valence-corrected chi connectivity index (χ4v) is 4.28. The molecule has 1 aromatic heterocycles. The van der Waals surface area contributed by atoms with Crippen LogP contribution in [-0.2, 0) is 11.2 Å². The molecule has 0 radical (unpaired) electrons. The SMILES string of the molecule is CCCCc1nc2ccc(Br)cc2c(=O)n1N=Cc1cccc(OC)c1OCC(=O)Nc1ccccc1C. The number of halogens is 1. The number of benzene rings is 3. The van der Waals surface area contributed by atoms with Crippen LogP contribution in [-0.4, -0.2) is 35.5 Å². The van der Waals surface area contributed by atoms with Crippen molar-refractivity contribution in [3.63, 3.8) is 0 Å². The molecular weight excluding hydrogens is 548 g/mol. The van der Waals surface area contributed by atoms with Crippen molar-refractivity contribution < 1.29 is 14.3 Å². The maximum atomic E-state index is 13.4. The van der Waals surface area contributed by atoms with E-state index in [2.05, 4.69) is 33.3 Å². The molecule has 0 aliphatic carbocycles. The lowest BCUT2D eigenvalue weighted by molar-refractivity contribution is -0.118. The quantitative estimate of drug-likeness (QED) is 0.244. The van der Waals surface area contributed by atoms with Gasteiger partial charge in [0.1, 0.15) is 5.82 Å². The van der Waals surface area contributed by atoms with Crippen molar-refractivity contribution in [3.8, 4) is 11.5 Å². The number of nitrogens with one attached hydrogen (secondary N) is 1. The van der Waals surface area contributed by atoms with Crippen LogP contribution >= 0.6 is 15.9 Å². The number of rotatable bonds is 10. The Morgan fingerprint density at radius 1 is 1.16 bits per heavy atom. The number of methoxy groups -OCH3 is 1. The Morgan fingerprint density at radius 2 is 1.97 bits per heavy atom. The molecule has 38 heavy (non-hydrogen) atoms. The van der Waals surface area contributed by atoms with Gasteiger partial charge in [-0.1, -0.05) is 53.5 Å². The van der Waals surface area contributed by atoms with Gasteiger partial charge in [-0.3, -0.25) is 9.59 Å². The Balaban J connectivity index is 1.65. The third kappa shape index (κ3) is 6.28. The van der Waals surface area contributed by atoms with Crippen LogP contribution in [0.1, 0.15) is 36.7 Å². The predicted molar refractivity (Wildman–Crippen MR) is 154 cm³/mol. The first-order valence-electron chi connectivity index (χ1n) is 12.3. The molecule has 0 atom stereocenters. The highest BCUT2D eigenvalue weighted by atomic mass is 79.9. The van der Waals surface area contributed by atoms with E-state index in [1.54, 1.807) is 24.3 Å². The molecular formula is C29H29BrN4O4. The van der Waals surface area contributed by atoms with E-state index in [4.69, 9.17) is 14.5 Å². The number of unbranched alkanes of at least 4 members (excludes halogenated alkanes) is 1. The Kier molecular flexibility index (Phi) is 8.91. The van der Waals surface area contributed by atoms with Crippen LogP contribution in [0.4, 0.5) is 5.69 Å². The zero-order valence-corrected chi connectivity index (χ0v) is 23.1. The first-order valence-corrected chi connectivity index (χ1v) is 13.1. The average Bonchev–Trinajstić information content (AvgIpc) is 2.92. The summed E-state index contributed by atoms with van der Waals surface area (Å²) in [6.07, 6.45) is 3.96. The standard InChI is InChI=1S/C29H29BrN4O4/c1-4-5-13-26-32-24-15-14-21(30)16-22(24)29(36)34(26)31-17-20-10-8-12-25(37-3)28(20)38-18-27(35)33-23-11-7-6-9-19(23)2/h6-12,14-17H,4-5,13,18H2,1-3H3,(H,33,35). The second-order valence-corrected chi connectivity index (χ2v) is 9.60. The number of anilines is 1. The van der Waals surface area contributed by atoms with Crippen LogP contribution in [0.25, 0.3) is 10.9 Å². The Labute approximate surface area is 229 Å². The van der Waals surface area contributed by atoms with Crippen molar-refractivity contribution in [3.05, 3.63) is 92.4 Å². The van der Waals surface area contributed by atoms with Crippen molar-refractivity contribution in [1.82, 2.24) is 9.66 Å². The largest absolute Gasteiger partial charge is 0.493 e.